The van der Waals surface area contributed by atoms with Crippen molar-refractivity contribution in [2.75, 3.05) is 22.9 Å². The molecule has 1 atom stereocenters. The van der Waals surface area contributed by atoms with E-state index in [2.05, 4.69) is 30.6 Å². The summed E-state index contributed by atoms with van der Waals surface area (Å²) < 4.78 is 51.0. The number of H-pyrrole nitrogens is 1. The van der Waals surface area contributed by atoms with Crippen molar-refractivity contribution in [3.05, 3.63) is 58.6 Å². The Morgan fingerprint density at radius 2 is 1.98 bits per heavy atom. The first kappa shape index (κ1) is 25.9. The van der Waals surface area contributed by atoms with Gasteiger partial charge in [0.25, 0.3) is 5.56 Å². The molecule has 1 aliphatic carbocycles. The van der Waals surface area contributed by atoms with Crippen LogP contribution in [0.1, 0.15) is 24.8 Å². The molecule has 1 saturated carbocycles. The predicted octanol–water partition coefficient (Wildman–Crippen LogP) is 3.72. The number of hydrogen-bond donors (Lipinski definition) is 1. The van der Waals surface area contributed by atoms with E-state index in [1.54, 1.807) is 18.2 Å². The number of fused-ring (bicyclic) bond motifs is 2. The number of aromatic nitrogens is 4. The smallest absolute Gasteiger partial charge is 0.395 e. The Morgan fingerprint density at radius 3 is 2.71 bits per heavy atom. The summed E-state index contributed by atoms with van der Waals surface area (Å²) in [7, 11) is 0. The molecule has 0 bridgehead atoms. The van der Waals surface area contributed by atoms with Gasteiger partial charge in [0.15, 0.2) is 17.0 Å². The van der Waals surface area contributed by atoms with E-state index in [1.807, 2.05) is 4.90 Å². The third kappa shape index (κ3) is 4.47. The van der Waals surface area contributed by atoms with Gasteiger partial charge in [0.05, 0.1) is 23.1 Å². The Morgan fingerprint density at radius 1 is 1.17 bits per heavy atom. The molecule has 214 valence electrons. The maximum Gasteiger partial charge on any atom is 0.586 e. The topological polar surface area (TPSA) is 129 Å². The van der Waals surface area contributed by atoms with E-state index < -0.39 is 30.5 Å². The maximum absolute atomic E-state index is 13.8. The van der Waals surface area contributed by atoms with E-state index in [0.29, 0.717) is 59.5 Å². The van der Waals surface area contributed by atoms with Gasteiger partial charge in [-0.3, -0.25) is 9.59 Å². The summed E-state index contributed by atoms with van der Waals surface area (Å²) in [5.41, 5.74) is 1.82. The van der Waals surface area contributed by atoms with Gasteiger partial charge >= 0.3 is 6.29 Å². The van der Waals surface area contributed by atoms with Crippen molar-refractivity contribution >= 4 is 28.3 Å². The average Bonchev–Trinajstić information content (AvgIpc) is 3.34. The van der Waals surface area contributed by atoms with Crippen LogP contribution in [0.3, 0.4) is 0 Å². The van der Waals surface area contributed by atoms with Crippen molar-refractivity contribution < 1.29 is 27.4 Å². The zero-order chi connectivity index (χ0) is 29.2. The van der Waals surface area contributed by atoms with E-state index in [0.717, 1.165) is 4.68 Å². The zero-order valence-corrected chi connectivity index (χ0v) is 21.9. The van der Waals surface area contributed by atoms with Crippen LogP contribution in [0.25, 0.3) is 22.3 Å². The number of halogens is 3. The molecule has 4 aromatic rings. The van der Waals surface area contributed by atoms with E-state index >= 15 is 0 Å². The first-order chi connectivity index (χ1) is 20.2. The van der Waals surface area contributed by atoms with Crippen molar-refractivity contribution in [1.82, 2.24) is 19.7 Å². The van der Waals surface area contributed by atoms with Crippen LogP contribution >= 0.6 is 0 Å². The first-order valence-corrected chi connectivity index (χ1v) is 13.3. The second-order valence-electron chi connectivity index (χ2n) is 10.4. The van der Waals surface area contributed by atoms with Crippen LogP contribution < -0.4 is 24.8 Å². The number of benzene rings is 2. The van der Waals surface area contributed by atoms with Crippen molar-refractivity contribution in [3.63, 3.8) is 0 Å². The number of alkyl halides is 3. The van der Waals surface area contributed by atoms with Gasteiger partial charge in [0, 0.05) is 36.4 Å². The maximum atomic E-state index is 13.8. The van der Waals surface area contributed by atoms with Crippen LogP contribution in [0.2, 0.25) is 0 Å². The third-order valence-electron chi connectivity index (χ3n) is 7.52. The second kappa shape index (κ2) is 9.51. The van der Waals surface area contributed by atoms with E-state index in [4.69, 9.17) is 0 Å². The summed E-state index contributed by atoms with van der Waals surface area (Å²) >= 11 is 0. The normalized spacial score (nSPS) is 18.8. The highest BCUT2D eigenvalue weighted by Crippen LogP contribution is 2.44. The van der Waals surface area contributed by atoms with Gasteiger partial charge < -0.3 is 24.3 Å². The molecule has 14 heteroatoms. The van der Waals surface area contributed by atoms with Crippen LogP contribution in [0, 0.1) is 11.3 Å². The monoisotopic (exact) mass is 577 g/mol. The number of aromatic amines is 1. The Hall–Kier alpha value is -5.06. The molecule has 2 aromatic carbocycles. The fourth-order valence-electron chi connectivity index (χ4n) is 5.45. The number of nitrogens with one attached hydrogen (secondary N) is 1. The molecule has 2 fully saturated rings. The Balaban J connectivity index is 1.23. The summed E-state index contributed by atoms with van der Waals surface area (Å²) in [6, 6.07) is 11.1. The molecule has 0 spiro atoms. The molecule has 3 aliphatic rings. The molecule has 1 unspecified atom stereocenters. The van der Waals surface area contributed by atoms with Crippen molar-refractivity contribution in [2.45, 2.75) is 44.3 Å². The second-order valence-corrected chi connectivity index (χ2v) is 10.4. The number of hydrogen-bond acceptors (Lipinski definition) is 8. The number of rotatable bonds is 6. The molecule has 11 nitrogen and oxygen atoms in total. The third-order valence-corrected chi connectivity index (χ3v) is 7.52. The average molecular weight is 578 g/mol. The van der Waals surface area contributed by atoms with Crippen LogP contribution in [-0.4, -0.2) is 57.3 Å². The van der Waals surface area contributed by atoms with E-state index in [9.17, 15) is 28.0 Å². The van der Waals surface area contributed by atoms with Gasteiger partial charge in [-0.1, -0.05) is 6.07 Å². The van der Waals surface area contributed by atoms with E-state index in [-0.39, 0.29) is 29.6 Å². The molecule has 42 heavy (non-hydrogen) atoms. The molecule has 0 radical (unpaired) electrons. The lowest BCUT2D eigenvalue weighted by atomic mass is 10.0. The Bertz CT molecular complexity index is 1850. The standard InChI is InChI=1S/C28H22F3N7O4/c29-17-7-8-36(12-17)20-5-1-15(9-16(20)11-32)24-25-26(34-14-33-25)27(40)37(35-24)13-23(39)38(18-2-3-18)19-4-6-21-22(10-19)42-28(30,31)41-21/h1,4-6,9-10,14,17-18H,2-3,7-8,12-13H2,(H,33,34). The van der Waals surface area contributed by atoms with Crippen LogP contribution in [0.5, 0.6) is 11.5 Å². The number of ether oxygens (including phenoxy) is 2. The number of amides is 1. The Kier molecular flexibility index (Phi) is 5.86. The van der Waals surface area contributed by atoms with Gasteiger partial charge in [-0.25, -0.2) is 14.1 Å². The fourth-order valence-corrected chi connectivity index (χ4v) is 5.45. The molecule has 2 aliphatic heterocycles. The van der Waals surface area contributed by atoms with Crippen molar-refractivity contribution in [2.24, 2.45) is 0 Å². The minimum Gasteiger partial charge on any atom is -0.395 e. The highest BCUT2D eigenvalue weighted by atomic mass is 19.3. The number of carbonyl (C=O) groups excluding carboxylic acids is 1. The summed E-state index contributed by atoms with van der Waals surface area (Å²) in [6.07, 6.45) is -1.63. The largest absolute Gasteiger partial charge is 0.586 e. The minimum absolute atomic E-state index is 0.0541. The highest BCUT2D eigenvalue weighted by molar-refractivity contribution is 5.95. The van der Waals surface area contributed by atoms with Crippen LogP contribution in [0.15, 0.2) is 47.5 Å². The van der Waals surface area contributed by atoms with Crippen molar-refractivity contribution in [3.8, 4) is 28.8 Å². The zero-order valence-electron chi connectivity index (χ0n) is 21.9. The number of nitrogens with zero attached hydrogens (tertiary/aromatic N) is 6. The quantitative estimate of drug-likeness (QED) is 0.367. The molecule has 1 saturated heterocycles. The molecule has 7 rings (SSSR count). The molecule has 1 amide bonds. The lowest BCUT2D eigenvalue weighted by Gasteiger charge is -2.23. The molecular formula is C28H22F3N7O4. The SMILES string of the molecule is N#Cc1cc(-c2nn(CC(=O)N(c3ccc4c(c3)OC(F)(F)O4)C3CC3)c(=O)c3nc[nH]c23)ccc1N1CCC(F)C1. The number of imidazole rings is 1. The molecule has 2 aromatic heterocycles. The van der Waals surface area contributed by atoms with Gasteiger partial charge in [0.2, 0.25) is 5.91 Å². The lowest BCUT2D eigenvalue weighted by Crippen LogP contribution is -2.39. The van der Waals surface area contributed by atoms with Crippen LogP contribution in [0.4, 0.5) is 24.5 Å². The molecular weight excluding hydrogens is 555 g/mol. The summed E-state index contributed by atoms with van der Waals surface area (Å²) in [5, 5.41) is 14.3. The van der Waals surface area contributed by atoms with Gasteiger partial charge in [-0.05, 0) is 43.5 Å². The van der Waals surface area contributed by atoms with Crippen molar-refractivity contribution in [1.29, 1.82) is 5.26 Å². The number of anilines is 2. The highest BCUT2D eigenvalue weighted by Gasteiger charge is 2.44. The summed E-state index contributed by atoms with van der Waals surface area (Å²) in [4.78, 5) is 37.2. The molecule has 1 N–H and O–H groups in total. The predicted molar refractivity (Wildman–Crippen MR) is 143 cm³/mol. The van der Waals surface area contributed by atoms with E-state index in [1.165, 1.54) is 29.4 Å². The fraction of sp³-hybridized carbons (Fsp3) is 0.321. The first-order valence-electron chi connectivity index (χ1n) is 13.3. The van der Waals surface area contributed by atoms with Gasteiger partial charge in [-0.15, -0.1) is 8.78 Å². The summed E-state index contributed by atoms with van der Waals surface area (Å²) in [5.74, 6) is -0.823. The molecule has 4 heterocycles. The van der Waals surface area contributed by atoms with Gasteiger partial charge in [0.1, 0.15) is 24.5 Å². The van der Waals surface area contributed by atoms with Crippen LogP contribution in [-0.2, 0) is 11.3 Å². The Labute approximate surface area is 235 Å². The minimum atomic E-state index is -3.80. The van der Waals surface area contributed by atoms with Gasteiger partial charge in [-0.2, -0.15) is 10.4 Å². The summed E-state index contributed by atoms with van der Waals surface area (Å²) in [6.45, 7) is 0.243. The number of nitriles is 1. The lowest BCUT2D eigenvalue weighted by molar-refractivity contribution is -0.286. The number of carbonyl (C=O) groups is 1.